The van der Waals surface area contributed by atoms with Gasteiger partial charge in [0.15, 0.2) is 11.5 Å². The molecular weight excluding hydrogens is 914 g/mol. The van der Waals surface area contributed by atoms with Crippen molar-refractivity contribution in [2.24, 2.45) is 11.5 Å². The lowest BCUT2D eigenvalue weighted by Crippen LogP contribution is -2.40. The molecule has 334 valence electrons. The first-order valence-electron chi connectivity index (χ1n) is 16.6. The van der Waals surface area contributed by atoms with E-state index in [9.17, 15) is 66.7 Å². The highest BCUT2D eigenvalue weighted by atomic mass is 31.3. The number of hydrogen-bond acceptors (Lipinski definition) is 22. The lowest BCUT2D eigenvalue weighted by atomic mass is 10.1. The van der Waals surface area contributed by atoms with E-state index in [0.717, 1.165) is 12.7 Å². The third kappa shape index (κ3) is 17.5. The van der Waals surface area contributed by atoms with Gasteiger partial charge < -0.3 is 61.7 Å². The van der Waals surface area contributed by atoms with Gasteiger partial charge in [0.2, 0.25) is 5.91 Å². The van der Waals surface area contributed by atoms with Crippen LogP contribution < -0.4 is 22.5 Å². The lowest BCUT2D eigenvalue weighted by Gasteiger charge is -2.21. The minimum atomic E-state index is -6.46. The van der Waals surface area contributed by atoms with Gasteiger partial charge in [-0.05, 0) is 32.2 Å². The number of nitrogens with two attached hydrogens (primary N) is 3. The molecule has 14 N–H and O–H groups in total. The van der Waals surface area contributed by atoms with Gasteiger partial charge >= 0.3 is 46.9 Å². The predicted octanol–water partition coefficient (Wildman–Crippen LogP) is 0.908. The number of aromatic nitrogens is 4. The summed E-state index contributed by atoms with van der Waals surface area (Å²) in [4.78, 5) is 82.2. The number of nitrogens with zero attached hydrogens (tertiary/aromatic N) is 4. The Morgan fingerprint density at radius 2 is 1.36 bits per heavy atom. The van der Waals surface area contributed by atoms with E-state index in [4.69, 9.17) is 21.9 Å². The van der Waals surface area contributed by atoms with Crippen LogP contribution in [-0.2, 0) is 67.5 Å². The van der Waals surface area contributed by atoms with Crippen LogP contribution in [0.1, 0.15) is 57.6 Å². The Bertz CT molecular complexity index is 1990. The summed E-state index contributed by atoms with van der Waals surface area (Å²) in [7, 11) is -36.7. The van der Waals surface area contributed by atoms with Crippen molar-refractivity contribution in [3.05, 3.63) is 12.7 Å². The lowest BCUT2D eigenvalue weighted by molar-refractivity contribution is -0.122. The van der Waals surface area contributed by atoms with E-state index in [1.807, 2.05) is 0 Å². The van der Waals surface area contributed by atoms with E-state index < -0.39 is 84.6 Å². The van der Waals surface area contributed by atoms with Gasteiger partial charge in [-0.15, -0.1) is 0 Å². The first-order chi connectivity index (χ1) is 26.7. The Kier molecular flexibility index (Phi) is 18.9. The molecule has 1 aliphatic heterocycles. The third-order valence-corrected chi connectivity index (χ3v) is 16.5. The fraction of sp³-hybridized carbons (Fsp3) is 0.727. The zero-order valence-corrected chi connectivity index (χ0v) is 35.3. The normalized spacial score (nSPS) is 24.1. The van der Waals surface area contributed by atoms with Gasteiger partial charge in [-0.1, -0.05) is 19.3 Å². The third-order valence-electron chi connectivity index (χ3n) is 7.27. The second-order valence-electron chi connectivity index (χ2n) is 12.0. The predicted molar refractivity (Wildman–Crippen MR) is 193 cm³/mol. The maximum atomic E-state index is 12.3. The zero-order valence-electron chi connectivity index (χ0n) is 29.9. The summed E-state index contributed by atoms with van der Waals surface area (Å²) in [6.07, 6.45) is 1.82. The number of phosphoric acid groups is 6. The summed E-state index contributed by atoms with van der Waals surface area (Å²) in [6.45, 7) is -0.806. The van der Waals surface area contributed by atoms with Crippen molar-refractivity contribution >= 4 is 69.8 Å². The molecule has 0 spiro atoms. The van der Waals surface area contributed by atoms with E-state index in [-0.39, 0.29) is 42.3 Å². The molecule has 0 bridgehead atoms. The van der Waals surface area contributed by atoms with Crippen molar-refractivity contribution in [1.82, 2.24) is 24.8 Å². The van der Waals surface area contributed by atoms with Crippen molar-refractivity contribution < 1.29 is 102 Å². The van der Waals surface area contributed by atoms with Gasteiger partial charge in [0.1, 0.15) is 24.2 Å². The molecule has 3 rings (SSSR count). The van der Waals surface area contributed by atoms with Gasteiger partial charge in [0.25, 0.3) is 0 Å². The van der Waals surface area contributed by atoms with Crippen LogP contribution in [0.4, 0.5) is 5.82 Å². The van der Waals surface area contributed by atoms with Gasteiger partial charge in [-0.3, -0.25) is 18.4 Å². The minimum Gasteiger partial charge on any atom is -0.390 e. The molecule has 30 nitrogen and oxygen atoms in total. The van der Waals surface area contributed by atoms with Crippen LogP contribution >= 0.6 is 46.9 Å². The van der Waals surface area contributed by atoms with Crippen molar-refractivity contribution in [1.29, 1.82) is 0 Å². The number of carbonyl (C=O) groups is 1. The molecule has 58 heavy (non-hydrogen) atoms. The number of anilines is 1. The largest absolute Gasteiger partial charge is 0.490 e. The molecule has 36 heteroatoms. The number of nitrogens with one attached hydrogen (secondary N) is 1. The molecular formula is C22H44N8O22P6. The summed E-state index contributed by atoms with van der Waals surface area (Å²) < 4.78 is 108. The Labute approximate surface area is 328 Å². The number of fused-ring (bicyclic) bond motifs is 1. The Morgan fingerprint density at radius 3 is 1.95 bits per heavy atom. The maximum absolute atomic E-state index is 12.3. The number of amides is 1. The Hall–Kier alpha value is -1.48. The maximum Gasteiger partial charge on any atom is 0.490 e. The van der Waals surface area contributed by atoms with Crippen LogP contribution in [0.25, 0.3) is 11.2 Å². The summed E-state index contributed by atoms with van der Waals surface area (Å²) in [6, 6.07) is -0.683. The van der Waals surface area contributed by atoms with Gasteiger partial charge in [-0.25, -0.2) is 42.3 Å². The molecule has 0 saturated carbocycles. The smallest absolute Gasteiger partial charge is 0.390 e. The van der Waals surface area contributed by atoms with Crippen LogP contribution in [0.5, 0.6) is 0 Å². The number of aliphatic hydroxyl groups excluding tert-OH is 1. The van der Waals surface area contributed by atoms with Crippen LogP contribution in [0, 0.1) is 0 Å². The van der Waals surface area contributed by atoms with Crippen molar-refractivity contribution in [3.8, 4) is 0 Å². The molecule has 1 saturated heterocycles. The number of rotatable bonds is 27. The van der Waals surface area contributed by atoms with E-state index in [1.165, 1.54) is 10.9 Å². The second kappa shape index (κ2) is 21.5. The van der Waals surface area contributed by atoms with Crippen LogP contribution in [-0.4, -0.2) is 104 Å². The second-order valence-corrected chi connectivity index (χ2v) is 21.4. The topological polar surface area (TPSA) is 469 Å². The number of phosphoric ester groups is 2. The number of imidazole rings is 1. The zero-order chi connectivity index (χ0) is 43.6. The van der Waals surface area contributed by atoms with Gasteiger partial charge in [0, 0.05) is 13.0 Å². The van der Waals surface area contributed by atoms with Crippen LogP contribution in [0.3, 0.4) is 0 Å². The summed E-state index contributed by atoms with van der Waals surface area (Å²) in [5.74, 6) is -0.297. The molecule has 0 aliphatic carbocycles. The molecule has 0 radical (unpaired) electrons. The quantitative estimate of drug-likeness (QED) is 0.0438. The number of carbonyl (C=O) groups excluding carboxylic acids is 1. The molecule has 10 atom stereocenters. The number of nitrogen functional groups attached to an aromatic ring is 1. The monoisotopic (exact) mass is 958 g/mol. The average molecular weight is 958 g/mol. The molecule has 1 amide bonds. The minimum absolute atomic E-state index is 0.0393. The first kappa shape index (κ1) is 50.9. The highest BCUT2D eigenvalue weighted by Gasteiger charge is 2.50. The molecule has 1 fully saturated rings. The summed E-state index contributed by atoms with van der Waals surface area (Å²) in [5.41, 5.74) is 17.3. The highest BCUT2D eigenvalue weighted by Crippen LogP contribution is 2.75. The van der Waals surface area contributed by atoms with E-state index in [2.05, 4.69) is 50.9 Å². The van der Waals surface area contributed by atoms with Crippen molar-refractivity contribution in [2.75, 3.05) is 32.0 Å². The van der Waals surface area contributed by atoms with E-state index >= 15 is 0 Å². The van der Waals surface area contributed by atoms with Crippen molar-refractivity contribution in [3.63, 3.8) is 0 Å². The molecule has 8 unspecified atom stereocenters. The number of aliphatic hydroxyl groups is 1. The fourth-order valence-electron chi connectivity index (χ4n) is 4.79. The Morgan fingerprint density at radius 1 is 0.810 bits per heavy atom. The first-order valence-corrected chi connectivity index (χ1v) is 25.5. The Balaban J connectivity index is 1.41. The van der Waals surface area contributed by atoms with E-state index in [0.29, 0.717) is 38.6 Å². The number of hydrogen-bond donors (Lipinski definition) is 11. The number of ether oxygens (including phenoxy) is 1. The molecule has 1 aliphatic rings. The standard InChI is InChI=1S/C22H44N8O22P6/c23-8-4-3-7-15(24)22(32)26-9-5-1-2-6-10-45-53(33,34)48-55(37,38)50-57(41,42)52-58(43,44)51-56(39,40)49-54(35,36)46-12-17-16(31)11-18(47-17)30-14-29-19-20(25)27-13-28-21(19)30/h13-18,31H,1-12,23-24H2,(H,26,32)(H,33,34)(H,35,36)(H,37,38)(H,39,40)(H,41,42)(H,43,44)(H2,25,27,28)/t15?,16?,17-,18-/m1/s1. The van der Waals surface area contributed by atoms with Crippen molar-refractivity contribution in [2.45, 2.75) is 75.8 Å². The summed E-state index contributed by atoms with van der Waals surface area (Å²) in [5, 5.41) is 13.0. The number of unbranched alkanes of at least 4 members (excludes halogenated alkanes) is 4. The highest BCUT2D eigenvalue weighted by molar-refractivity contribution is 7.72. The van der Waals surface area contributed by atoms with Crippen LogP contribution in [0.2, 0.25) is 0 Å². The van der Waals surface area contributed by atoms with E-state index in [1.54, 1.807) is 0 Å². The van der Waals surface area contributed by atoms with Gasteiger partial charge in [-0.2, -0.15) is 21.6 Å². The SMILES string of the molecule is NCCCCC(N)C(=O)NCCCCCCOP(=O)(O)OP(=O)(O)OP(=O)(O)OP(=O)(O)OP(=O)(O)OP(=O)(O)OC[C@H]1O[C@@H](n2cnc3c(N)ncnc32)CC1O. The van der Waals surface area contributed by atoms with Crippen LogP contribution in [0.15, 0.2) is 12.7 Å². The summed E-state index contributed by atoms with van der Waals surface area (Å²) >= 11 is 0. The fourth-order valence-corrected chi connectivity index (χ4v) is 12.6. The average Bonchev–Trinajstić information content (AvgIpc) is 3.65. The van der Waals surface area contributed by atoms with Gasteiger partial charge in [0.05, 0.1) is 31.7 Å². The molecule has 0 aromatic carbocycles. The molecule has 2 aromatic heterocycles. The molecule has 2 aromatic rings. The molecule has 3 heterocycles.